The van der Waals surface area contributed by atoms with Crippen molar-refractivity contribution < 1.29 is 14.3 Å². The molecule has 5 rings (SSSR count). The second kappa shape index (κ2) is 11.6. The number of hydrogen-bond donors (Lipinski definition) is 0. The predicted molar refractivity (Wildman–Crippen MR) is 161 cm³/mol. The van der Waals surface area contributed by atoms with Gasteiger partial charge in [0.2, 0.25) is 5.91 Å². The van der Waals surface area contributed by atoms with E-state index in [0.29, 0.717) is 17.7 Å². The summed E-state index contributed by atoms with van der Waals surface area (Å²) in [6.45, 7) is 4.69. The van der Waals surface area contributed by atoms with Gasteiger partial charge in [0.05, 0.1) is 30.9 Å². The van der Waals surface area contributed by atoms with Gasteiger partial charge in [-0.25, -0.2) is 4.98 Å². The summed E-state index contributed by atoms with van der Waals surface area (Å²) in [4.78, 5) is 32.6. The van der Waals surface area contributed by atoms with E-state index in [2.05, 4.69) is 27.6 Å². The number of carbonyl (C=O) groups excluding carboxylic acids is 2. The van der Waals surface area contributed by atoms with Crippen LogP contribution in [-0.2, 0) is 4.79 Å². The zero-order chi connectivity index (χ0) is 27.5. The minimum atomic E-state index is -0.106. The summed E-state index contributed by atoms with van der Waals surface area (Å²) in [6.07, 6.45) is 7.31. The van der Waals surface area contributed by atoms with Crippen LogP contribution in [0.2, 0.25) is 0 Å². The minimum Gasteiger partial charge on any atom is -0.495 e. The average molecular weight is 632 g/mol. The van der Waals surface area contributed by atoms with Crippen LogP contribution in [0.25, 0.3) is 11.8 Å². The first-order chi connectivity index (χ1) is 18.8. The molecule has 198 valence electrons. The van der Waals surface area contributed by atoms with Crippen LogP contribution in [0, 0.1) is 10.5 Å². The maximum absolute atomic E-state index is 13.5. The van der Waals surface area contributed by atoms with Crippen LogP contribution >= 0.6 is 22.6 Å². The van der Waals surface area contributed by atoms with E-state index >= 15 is 0 Å². The van der Waals surface area contributed by atoms with Crippen LogP contribution in [0.5, 0.6) is 5.75 Å². The molecule has 6 nitrogen and oxygen atoms in total. The molecule has 0 unspecified atom stereocenters. The summed E-state index contributed by atoms with van der Waals surface area (Å²) in [7, 11) is 1.65. The Morgan fingerprint density at radius 1 is 1.05 bits per heavy atom. The van der Waals surface area contributed by atoms with Crippen molar-refractivity contribution in [2.24, 2.45) is 0 Å². The lowest BCUT2D eigenvalue weighted by Crippen LogP contribution is -2.38. The van der Waals surface area contributed by atoms with Crippen LogP contribution in [0.1, 0.15) is 58.5 Å². The number of nitrogens with zero attached hydrogens (tertiary/aromatic N) is 3. The molecule has 0 aliphatic carbocycles. The van der Waals surface area contributed by atoms with E-state index in [-0.39, 0.29) is 17.7 Å². The van der Waals surface area contributed by atoms with Crippen LogP contribution in [-0.4, -0.2) is 39.8 Å². The van der Waals surface area contributed by atoms with Crippen molar-refractivity contribution in [3.63, 3.8) is 0 Å². The Kier molecular flexibility index (Phi) is 7.97. The molecule has 1 amide bonds. The normalized spacial score (nSPS) is 15.4. The monoisotopic (exact) mass is 631 g/mol. The maximum Gasteiger partial charge on any atom is 0.250 e. The SMILES string of the molecule is COc1cc(/C=C2\CCCN([C@H](C)c3ccc(C(=O)c4ccc(I)cc4)cc3)C2=O)ccc1-n1cnc(C)c1. The molecule has 2 heterocycles. The number of amides is 1. The first-order valence-corrected chi connectivity index (χ1v) is 14.0. The van der Waals surface area contributed by atoms with Crippen LogP contribution in [0.3, 0.4) is 0 Å². The molecule has 39 heavy (non-hydrogen) atoms. The van der Waals surface area contributed by atoms with Crippen molar-refractivity contribution in [1.29, 1.82) is 0 Å². The third-order valence-corrected chi connectivity index (χ3v) is 7.86. The van der Waals surface area contributed by atoms with Gasteiger partial charge in [0.25, 0.3) is 0 Å². The van der Waals surface area contributed by atoms with Gasteiger partial charge in [-0.05, 0) is 103 Å². The third kappa shape index (κ3) is 5.83. The second-order valence-electron chi connectivity index (χ2n) is 9.76. The van der Waals surface area contributed by atoms with E-state index in [9.17, 15) is 9.59 Å². The molecule has 7 heteroatoms. The molecule has 4 aromatic rings. The summed E-state index contributed by atoms with van der Waals surface area (Å²) >= 11 is 2.23. The number of carbonyl (C=O) groups is 2. The van der Waals surface area contributed by atoms with Gasteiger partial charge >= 0.3 is 0 Å². The summed E-state index contributed by atoms with van der Waals surface area (Å²) in [6, 6.07) is 21.0. The molecular formula is C32H30IN3O3. The zero-order valence-corrected chi connectivity index (χ0v) is 24.4. The van der Waals surface area contributed by atoms with E-state index in [1.54, 1.807) is 13.4 Å². The molecular weight excluding hydrogens is 601 g/mol. The van der Waals surface area contributed by atoms with Crippen molar-refractivity contribution in [1.82, 2.24) is 14.5 Å². The number of ether oxygens (including phenoxy) is 1. The third-order valence-electron chi connectivity index (χ3n) is 7.14. The van der Waals surface area contributed by atoms with Gasteiger partial charge < -0.3 is 14.2 Å². The number of ketones is 1. The van der Waals surface area contributed by atoms with Crippen LogP contribution < -0.4 is 4.74 Å². The quantitative estimate of drug-likeness (QED) is 0.128. The number of rotatable bonds is 7. The van der Waals surface area contributed by atoms with Gasteiger partial charge in [-0.3, -0.25) is 9.59 Å². The van der Waals surface area contributed by atoms with Gasteiger partial charge in [0.1, 0.15) is 5.75 Å². The number of halogens is 1. The number of methoxy groups -OCH3 is 1. The fourth-order valence-electron chi connectivity index (χ4n) is 4.95. The number of aromatic nitrogens is 2. The van der Waals surface area contributed by atoms with Crippen LogP contribution in [0.4, 0.5) is 0 Å². The summed E-state index contributed by atoms with van der Waals surface area (Å²) in [5.74, 6) is 0.755. The molecule has 0 bridgehead atoms. The fourth-order valence-corrected chi connectivity index (χ4v) is 5.31. The Morgan fingerprint density at radius 3 is 2.38 bits per heavy atom. The standard InChI is InChI=1S/C32H30IN3O3/c1-21-19-35(20-34-21)29-15-6-23(18-30(29)39-3)17-27-5-4-16-36(32(27)38)22(2)24-7-9-25(10-8-24)31(37)26-11-13-28(33)14-12-26/h6-15,17-20,22H,4-5,16H2,1-3H3/b27-17+/t22-/m1/s1. The number of imidazole rings is 1. The number of likely N-dealkylation sites (tertiary alicyclic amines) is 1. The largest absolute Gasteiger partial charge is 0.495 e. The van der Waals surface area contributed by atoms with Crippen molar-refractivity contribution >= 4 is 40.4 Å². The highest BCUT2D eigenvalue weighted by atomic mass is 127. The highest BCUT2D eigenvalue weighted by molar-refractivity contribution is 14.1. The fraction of sp³-hybridized carbons (Fsp3) is 0.219. The average Bonchev–Trinajstić information content (AvgIpc) is 3.39. The van der Waals surface area contributed by atoms with Crippen molar-refractivity contribution in [2.75, 3.05) is 13.7 Å². The first-order valence-electron chi connectivity index (χ1n) is 12.9. The molecule has 0 spiro atoms. The molecule has 1 aliphatic rings. The van der Waals surface area contributed by atoms with E-state index < -0.39 is 0 Å². The molecule has 0 radical (unpaired) electrons. The van der Waals surface area contributed by atoms with Crippen molar-refractivity contribution in [3.05, 3.63) is 116 Å². The number of piperidine rings is 1. The molecule has 1 saturated heterocycles. The molecule has 0 saturated carbocycles. The van der Waals surface area contributed by atoms with Gasteiger partial charge in [-0.2, -0.15) is 0 Å². The Labute approximate surface area is 242 Å². The second-order valence-corrected chi connectivity index (χ2v) is 11.0. The summed E-state index contributed by atoms with van der Waals surface area (Å²) < 4.78 is 8.67. The maximum atomic E-state index is 13.5. The number of hydrogen-bond acceptors (Lipinski definition) is 4. The zero-order valence-electron chi connectivity index (χ0n) is 22.2. The van der Waals surface area contributed by atoms with Gasteiger partial charge in [0.15, 0.2) is 5.78 Å². The van der Waals surface area contributed by atoms with Gasteiger partial charge in [-0.15, -0.1) is 0 Å². The van der Waals surface area contributed by atoms with E-state index in [1.807, 2.05) is 102 Å². The Balaban J connectivity index is 1.33. The molecule has 1 atom stereocenters. The topological polar surface area (TPSA) is 64.4 Å². The van der Waals surface area contributed by atoms with Crippen LogP contribution in [0.15, 0.2) is 84.8 Å². The summed E-state index contributed by atoms with van der Waals surface area (Å²) in [5.41, 5.74) is 5.84. The molecule has 0 N–H and O–H groups in total. The minimum absolute atomic E-state index is 0.00510. The number of aryl methyl sites for hydroxylation is 1. The lowest BCUT2D eigenvalue weighted by atomic mass is 9.96. The van der Waals surface area contributed by atoms with Crippen molar-refractivity contribution in [3.8, 4) is 11.4 Å². The molecule has 1 fully saturated rings. The Morgan fingerprint density at radius 2 is 1.74 bits per heavy atom. The van der Waals surface area contributed by atoms with Gasteiger partial charge in [0, 0.05) is 33.0 Å². The lowest BCUT2D eigenvalue weighted by molar-refractivity contribution is -0.130. The molecule has 1 aliphatic heterocycles. The smallest absolute Gasteiger partial charge is 0.250 e. The predicted octanol–water partition coefficient (Wildman–Crippen LogP) is 6.79. The summed E-state index contributed by atoms with van der Waals surface area (Å²) in [5, 5.41) is 0. The number of benzene rings is 3. The highest BCUT2D eigenvalue weighted by Crippen LogP contribution is 2.31. The molecule has 3 aromatic carbocycles. The Hall–Kier alpha value is -3.72. The Bertz CT molecular complexity index is 1540. The van der Waals surface area contributed by atoms with E-state index in [1.165, 1.54) is 0 Å². The van der Waals surface area contributed by atoms with E-state index in [0.717, 1.165) is 50.2 Å². The highest BCUT2D eigenvalue weighted by Gasteiger charge is 2.28. The van der Waals surface area contributed by atoms with Crippen molar-refractivity contribution in [2.45, 2.75) is 32.7 Å². The van der Waals surface area contributed by atoms with Gasteiger partial charge in [-0.1, -0.05) is 30.3 Å². The molecule has 1 aromatic heterocycles. The van der Waals surface area contributed by atoms with E-state index in [4.69, 9.17) is 4.74 Å². The first kappa shape index (κ1) is 26.9. The lowest BCUT2D eigenvalue weighted by Gasteiger charge is -2.34.